The summed E-state index contributed by atoms with van der Waals surface area (Å²) in [5.74, 6) is -1.72. The van der Waals surface area contributed by atoms with Gasteiger partial charge in [0.25, 0.3) is 0 Å². The molecule has 0 aromatic heterocycles. The van der Waals surface area contributed by atoms with Gasteiger partial charge in [-0.1, -0.05) is 23.2 Å². The molecule has 3 aromatic carbocycles. The van der Waals surface area contributed by atoms with Crippen LogP contribution in [-0.2, 0) is 0 Å². The van der Waals surface area contributed by atoms with E-state index < -0.39 is 17.7 Å². The van der Waals surface area contributed by atoms with Crippen molar-refractivity contribution in [3.63, 3.8) is 0 Å². The van der Waals surface area contributed by atoms with Gasteiger partial charge in [0.05, 0.1) is 21.4 Å². The molecule has 0 saturated carbocycles. The topological polar surface area (TPSA) is 61.4 Å². The number of phenolic OH excluding ortho intramolecular Hbond substituents is 1. The molecule has 0 aliphatic rings. The second-order valence-electron chi connectivity index (χ2n) is 5.15. The summed E-state index contributed by atoms with van der Waals surface area (Å²) >= 11 is 12.2. The average molecular weight is 383 g/mol. The first-order valence-electron chi connectivity index (χ1n) is 6.99. The van der Waals surface area contributed by atoms with E-state index in [2.05, 4.69) is 10.6 Å². The number of anilines is 2. The summed E-state index contributed by atoms with van der Waals surface area (Å²) in [6, 6.07) is 7.82. The molecule has 0 heterocycles. The van der Waals surface area contributed by atoms with Gasteiger partial charge in [0.1, 0.15) is 17.4 Å². The number of rotatable bonds is 2. The molecule has 0 saturated heterocycles. The first kappa shape index (κ1) is 17.3. The summed E-state index contributed by atoms with van der Waals surface area (Å²) in [5, 5.41) is 15.9. The first-order chi connectivity index (χ1) is 11.8. The molecule has 0 fully saturated rings. The minimum Gasteiger partial charge on any atom is -0.508 e. The van der Waals surface area contributed by atoms with Gasteiger partial charge in [0, 0.05) is 16.8 Å². The van der Waals surface area contributed by atoms with Crippen molar-refractivity contribution in [3.8, 4) is 5.75 Å². The highest BCUT2D eigenvalue weighted by Gasteiger charge is 2.15. The quantitative estimate of drug-likeness (QED) is 0.526. The maximum absolute atomic E-state index is 13.6. The third kappa shape index (κ3) is 3.60. The molecule has 4 nitrogen and oxygen atoms in total. The Hall–Kier alpha value is -2.57. The van der Waals surface area contributed by atoms with Crippen LogP contribution in [0.5, 0.6) is 5.75 Å². The van der Waals surface area contributed by atoms with Crippen LogP contribution in [0.1, 0.15) is 0 Å². The Kier molecular flexibility index (Phi) is 4.65. The lowest BCUT2D eigenvalue weighted by molar-refractivity contribution is 0.262. The number of fused-ring (bicyclic) bond motifs is 1. The van der Waals surface area contributed by atoms with Crippen molar-refractivity contribution in [2.75, 3.05) is 10.6 Å². The van der Waals surface area contributed by atoms with Crippen LogP contribution in [0.25, 0.3) is 10.8 Å². The van der Waals surface area contributed by atoms with Crippen LogP contribution >= 0.6 is 23.2 Å². The molecule has 2 amide bonds. The zero-order valence-corrected chi connectivity index (χ0v) is 13.9. The number of hydrogen-bond donors (Lipinski definition) is 3. The third-order valence-corrected chi connectivity index (χ3v) is 4.05. The molecule has 0 bridgehead atoms. The number of benzene rings is 3. The van der Waals surface area contributed by atoms with Crippen LogP contribution in [0.15, 0.2) is 42.5 Å². The number of nitrogens with one attached hydrogen (secondary N) is 2. The molecule has 0 spiro atoms. The lowest BCUT2D eigenvalue weighted by atomic mass is 10.1. The SMILES string of the molecule is O=C(Nc1ccc(F)cc1F)Nc1c(Cl)cc(Cl)c2ccc(O)cc12. The summed E-state index contributed by atoms with van der Waals surface area (Å²) in [5.41, 5.74) is -0.00637. The van der Waals surface area contributed by atoms with Crippen molar-refractivity contribution in [1.29, 1.82) is 0 Å². The number of hydrogen-bond acceptors (Lipinski definition) is 2. The standard InChI is InChI=1S/C17H10Cl2F2N2O2/c18-12-7-13(19)16(11-6-9(24)2-3-10(11)12)23-17(25)22-15-4-1-8(20)5-14(15)21/h1-7,24H,(H2,22,23,25). The Morgan fingerprint density at radius 2 is 1.68 bits per heavy atom. The molecule has 3 aromatic rings. The number of aromatic hydroxyl groups is 1. The molecule has 3 N–H and O–H groups in total. The van der Waals surface area contributed by atoms with E-state index in [1.165, 1.54) is 18.2 Å². The predicted molar refractivity (Wildman–Crippen MR) is 94.6 cm³/mol. The average Bonchev–Trinajstić information content (AvgIpc) is 2.54. The fraction of sp³-hybridized carbons (Fsp3) is 0. The molecule has 3 rings (SSSR count). The monoisotopic (exact) mass is 382 g/mol. The van der Waals surface area contributed by atoms with E-state index in [1.54, 1.807) is 6.07 Å². The van der Waals surface area contributed by atoms with E-state index >= 15 is 0 Å². The van der Waals surface area contributed by atoms with E-state index in [4.69, 9.17) is 23.2 Å². The lowest BCUT2D eigenvalue weighted by Gasteiger charge is -2.13. The second-order valence-corrected chi connectivity index (χ2v) is 5.96. The number of halogens is 4. The van der Waals surface area contributed by atoms with Crippen molar-refractivity contribution in [2.45, 2.75) is 0 Å². The van der Waals surface area contributed by atoms with E-state index in [9.17, 15) is 18.7 Å². The van der Waals surface area contributed by atoms with Gasteiger partial charge in [-0.25, -0.2) is 13.6 Å². The van der Waals surface area contributed by atoms with Crippen LogP contribution in [0.3, 0.4) is 0 Å². The van der Waals surface area contributed by atoms with Crippen molar-refractivity contribution in [3.05, 3.63) is 64.1 Å². The highest BCUT2D eigenvalue weighted by atomic mass is 35.5. The van der Waals surface area contributed by atoms with Gasteiger partial charge in [-0.15, -0.1) is 0 Å². The predicted octanol–water partition coefficient (Wildman–Crippen LogP) is 5.77. The maximum atomic E-state index is 13.6. The summed E-state index contributed by atoms with van der Waals surface area (Å²) in [7, 11) is 0. The molecule has 0 radical (unpaired) electrons. The first-order valence-corrected chi connectivity index (χ1v) is 7.74. The fourth-order valence-electron chi connectivity index (χ4n) is 2.32. The number of phenols is 1. The van der Waals surface area contributed by atoms with Crippen LogP contribution in [0.2, 0.25) is 10.0 Å². The zero-order valence-electron chi connectivity index (χ0n) is 12.4. The molecule has 8 heteroatoms. The Labute approximate surface area is 151 Å². The molecular formula is C17H10Cl2F2N2O2. The van der Waals surface area contributed by atoms with Gasteiger partial charge in [-0.3, -0.25) is 0 Å². The van der Waals surface area contributed by atoms with Crippen LogP contribution < -0.4 is 10.6 Å². The van der Waals surface area contributed by atoms with Crippen molar-refractivity contribution >= 4 is 51.4 Å². The van der Waals surface area contributed by atoms with Gasteiger partial charge in [0.2, 0.25) is 0 Å². The summed E-state index contributed by atoms with van der Waals surface area (Å²) in [6.07, 6.45) is 0. The van der Waals surface area contributed by atoms with Crippen LogP contribution in [0.4, 0.5) is 25.0 Å². The highest BCUT2D eigenvalue weighted by molar-refractivity contribution is 6.41. The molecule has 0 atom stereocenters. The normalized spacial score (nSPS) is 10.7. The maximum Gasteiger partial charge on any atom is 0.323 e. The molecular weight excluding hydrogens is 373 g/mol. The number of carbonyl (C=O) groups is 1. The van der Waals surface area contributed by atoms with Gasteiger partial charge < -0.3 is 15.7 Å². The van der Waals surface area contributed by atoms with Crippen molar-refractivity contribution < 1.29 is 18.7 Å². The smallest absolute Gasteiger partial charge is 0.323 e. The molecule has 0 aliphatic heterocycles. The minimum atomic E-state index is -0.917. The molecule has 0 aliphatic carbocycles. The fourth-order valence-corrected chi connectivity index (χ4v) is 2.91. The minimum absolute atomic E-state index is 0.0427. The van der Waals surface area contributed by atoms with E-state index in [0.29, 0.717) is 21.9 Å². The van der Waals surface area contributed by atoms with Gasteiger partial charge in [-0.2, -0.15) is 0 Å². The van der Waals surface area contributed by atoms with E-state index in [0.717, 1.165) is 12.1 Å². The second kappa shape index (κ2) is 6.74. The van der Waals surface area contributed by atoms with Crippen LogP contribution in [-0.4, -0.2) is 11.1 Å². The number of amides is 2. The van der Waals surface area contributed by atoms with Gasteiger partial charge in [-0.05, 0) is 36.4 Å². The Bertz CT molecular complexity index is 996. The summed E-state index contributed by atoms with van der Waals surface area (Å²) in [6.45, 7) is 0. The van der Waals surface area contributed by atoms with Crippen LogP contribution in [0, 0.1) is 11.6 Å². The third-order valence-electron chi connectivity index (χ3n) is 3.44. The van der Waals surface area contributed by atoms with Crippen molar-refractivity contribution in [1.82, 2.24) is 0 Å². The van der Waals surface area contributed by atoms with E-state index in [1.807, 2.05) is 0 Å². The highest BCUT2D eigenvalue weighted by Crippen LogP contribution is 2.38. The largest absolute Gasteiger partial charge is 0.508 e. The zero-order chi connectivity index (χ0) is 18.1. The lowest BCUT2D eigenvalue weighted by Crippen LogP contribution is -2.20. The number of urea groups is 1. The Morgan fingerprint density at radius 3 is 2.40 bits per heavy atom. The molecule has 128 valence electrons. The molecule has 25 heavy (non-hydrogen) atoms. The molecule has 0 unspecified atom stereocenters. The van der Waals surface area contributed by atoms with Crippen molar-refractivity contribution in [2.24, 2.45) is 0 Å². The summed E-state index contributed by atoms with van der Waals surface area (Å²) in [4.78, 5) is 12.1. The summed E-state index contributed by atoms with van der Waals surface area (Å²) < 4.78 is 26.5. The Morgan fingerprint density at radius 1 is 0.920 bits per heavy atom. The Balaban J connectivity index is 1.94. The van der Waals surface area contributed by atoms with E-state index in [-0.39, 0.29) is 22.1 Å². The van der Waals surface area contributed by atoms with Gasteiger partial charge in [0.15, 0.2) is 0 Å². The van der Waals surface area contributed by atoms with Gasteiger partial charge >= 0.3 is 6.03 Å². The number of carbonyl (C=O) groups excluding carboxylic acids is 1.